The Kier molecular flexibility index (Phi) is 2.18. The first-order valence-corrected chi connectivity index (χ1v) is 5.42. The lowest BCUT2D eigenvalue weighted by molar-refractivity contribution is 0.422. The van der Waals surface area contributed by atoms with Gasteiger partial charge in [-0.25, -0.2) is 9.67 Å². The van der Waals surface area contributed by atoms with Crippen molar-refractivity contribution in [2.75, 3.05) is 0 Å². The van der Waals surface area contributed by atoms with Crippen LogP contribution in [0.25, 0.3) is 11.4 Å². The summed E-state index contributed by atoms with van der Waals surface area (Å²) in [5, 5.41) is 4.47. The Bertz CT molecular complexity index is 490. The number of aromatic nitrogens is 4. The molecule has 3 rings (SSSR count). The molecule has 0 radical (unpaired) electrons. The third kappa shape index (κ3) is 1.59. The molecule has 0 bridgehead atoms. The second-order valence-electron chi connectivity index (χ2n) is 4.07. The molecule has 1 aliphatic rings. The highest BCUT2D eigenvalue weighted by Gasteiger charge is 2.19. The number of rotatable bonds is 1. The normalized spacial score (nSPS) is 19.4. The number of nitrogens with zero attached hydrogens (tertiary/aromatic N) is 4. The van der Waals surface area contributed by atoms with Crippen LogP contribution in [0.1, 0.15) is 12.2 Å². The van der Waals surface area contributed by atoms with E-state index in [4.69, 9.17) is 5.73 Å². The van der Waals surface area contributed by atoms with E-state index in [0.29, 0.717) is 0 Å². The molecule has 0 spiro atoms. The van der Waals surface area contributed by atoms with Crippen molar-refractivity contribution in [1.29, 1.82) is 0 Å². The Morgan fingerprint density at radius 2 is 2.12 bits per heavy atom. The lowest BCUT2D eigenvalue weighted by atomic mass is 10.1. The monoisotopic (exact) mass is 215 g/mol. The molecule has 0 aliphatic carbocycles. The molecular formula is C11H13N5. The first-order chi connectivity index (χ1) is 7.83. The van der Waals surface area contributed by atoms with Crippen molar-refractivity contribution < 1.29 is 0 Å². The lowest BCUT2D eigenvalue weighted by Gasteiger charge is -2.17. The van der Waals surface area contributed by atoms with Crippen molar-refractivity contribution in [3.8, 4) is 11.4 Å². The highest BCUT2D eigenvalue weighted by Crippen LogP contribution is 2.18. The van der Waals surface area contributed by atoms with Gasteiger partial charge in [-0.1, -0.05) is 0 Å². The van der Waals surface area contributed by atoms with Gasteiger partial charge in [0, 0.05) is 30.4 Å². The molecular weight excluding hydrogens is 202 g/mol. The fraction of sp³-hybridized carbons (Fsp3) is 0.364. The third-order valence-electron chi connectivity index (χ3n) is 2.83. The van der Waals surface area contributed by atoms with Gasteiger partial charge in [0.25, 0.3) is 0 Å². The molecule has 82 valence electrons. The third-order valence-corrected chi connectivity index (χ3v) is 2.83. The van der Waals surface area contributed by atoms with E-state index < -0.39 is 0 Å². The minimum absolute atomic E-state index is 0.208. The zero-order chi connectivity index (χ0) is 11.0. The Balaban J connectivity index is 1.99. The molecule has 5 heteroatoms. The van der Waals surface area contributed by atoms with Crippen LogP contribution >= 0.6 is 0 Å². The molecule has 1 aliphatic heterocycles. The van der Waals surface area contributed by atoms with Crippen LogP contribution in [0.2, 0.25) is 0 Å². The predicted octanol–water partition coefficient (Wildman–Crippen LogP) is 0.614. The number of aryl methyl sites for hydroxylation is 1. The van der Waals surface area contributed by atoms with Crippen LogP contribution in [0, 0.1) is 0 Å². The number of fused-ring (bicyclic) bond motifs is 1. The first-order valence-electron chi connectivity index (χ1n) is 5.42. The maximum atomic E-state index is 5.90. The van der Waals surface area contributed by atoms with Crippen LogP contribution in [0.5, 0.6) is 0 Å². The summed E-state index contributed by atoms with van der Waals surface area (Å²) < 4.78 is 1.92. The van der Waals surface area contributed by atoms with Gasteiger partial charge in [-0.15, -0.1) is 0 Å². The number of pyridine rings is 1. The van der Waals surface area contributed by atoms with Crippen molar-refractivity contribution in [2.45, 2.75) is 25.4 Å². The molecule has 1 unspecified atom stereocenters. The second kappa shape index (κ2) is 3.68. The maximum Gasteiger partial charge on any atom is 0.181 e. The van der Waals surface area contributed by atoms with Crippen molar-refractivity contribution in [3.05, 3.63) is 30.4 Å². The molecule has 0 fully saturated rings. The van der Waals surface area contributed by atoms with Gasteiger partial charge in [0.15, 0.2) is 5.82 Å². The summed E-state index contributed by atoms with van der Waals surface area (Å²) in [4.78, 5) is 8.51. The number of nitrogens with two attached hydrogens (primary N) is 1. The molecule has 2 aromatic rings. The predicted molar refractivity (Wildman–Crippen MR) is 59.5 cm³/mol. The lowest BCUT2D eigenvalue weighted by Crippen LogP contribution is -2.32. The average Bonchev–Trinajstić information content (AvgIpc) is 2.73. The number of hydrogen-bond acceptors (Lipinski definition) is 4. The van der Waals surface area contributed by atoms with Crippen LogP contribution in [-0.2, 0) is 13.0 Å². The molecule has 2 aromatic heterocycles. The zero-order valence-corrected chi connectivity index (χ0v) is 8.87. The quantitative estimate of drug-likeness (QED) is 0.756. The zero-order valence-electron chi connectivity index (χ0n) is 8.87. The summed E-state index contributed by atoms with van der Waals surface area (Å²) in [5.41, 5.74) is 6.90. The maximum absolute atomic E-state index is 5.90. The standard InChI is InChI=1S/C11H13N5/c12-9-1-2-10-14-11(15-16(10)7-9)8-3-5-13-6-4-8/h3-6,9H,1-2,7,12H2. The molecule has 0 amide bonds. The highest BCUT2D eigenvalue weighted by molar-refractivity contribution is 5.53. The Labute approximate surface area is 93.3 Å². The molecule has 3 heterocycles. The van der Waals surface area contributed by atoms with E-state index in [9.17, 15) is 0 Å². The van der Waals surface area contributed by atoms with Crippen LogP contribution in [-0.4, -0.2) is 25.8 Å². The molecule has 1 atom stereocenters. The van der Waals surface area contributed by atoms with Gasteiger partial charge in [0.1, 0.15) is 5.82 Å². The van der Waals surface area contributed by atoms with E-state index in [2.05, 4.69) is 15.1 Å². The minimum atomic E-state index is 0.208. The van der Waals surface area contributed by atoms with Crippen LogP contribution in [0.3, 0.4) is 0 Å². The summed E-state index contributed by atoms with van der Waals surface area (Å²) in [5.74, 6) is 1.81. The van der Waals surface area contributed by atoms with Crippen LogP contribution < -0.4 is 5.73 Å². The Morgan fingerprint density at radius 3 is 2.94 bits per heavy atom. The molecule has 5 nitrogen and oxygen atoms in total. The smallest absolute Gasteiger partial charge is 0.181 e. The largest absolute Gasteiger partial charge is 0.326 e. The first kappa shape index (κ1) is 9.47. The van der Waals surface area contributed by atoms with Crippen molar-refractivity contribution >= 4 is 0 Å². The second-order valence-corrected chi connectivity index (χ2v) is 4.07. The molecule has 0 saturated carbocycles. The van der Waals surface area contributed by atoms with Crippen LogP contribution in [0.4, 0.5) is 0 Å². The average molecular weight is 215 g/mol. The summed E-state index contributed by atoms with van der Waals surface area (Å²) in [6.45, 7) is 0.771. The van der Waals surface area contributed by atoms with E-state index in [1.807, 2.05) is 16.8 Å². The van der Waals surface area contributed by atoms with Crippen molar-refractivity contribution in [1.82, 2.24) is 19.7 Å². The van der Waals surface area contributed by atoms with Gasteiger partial charge in [0.05, 0.1) is 6.54 Å². The Hall–Kier alpha value is -1.75. The SMILES string of the molecule is NC1CCc2nc(-c3ccncc3)nn2C1. The van der Waals surface area contributed by atoms with E-state index in [0.717, 1.165) is 36.6 Å². The molecule has 0 saturated heterocycles. The van der Waals surface area contributed by atoms with Gasteiger partial charge >= 0.3 is 0 Å². The number of hydrogen-bond donors (Lipinski definition) is 1. The van der Waals surface area contributed by atoms with Crippen molar-refractivity contribution in [2.24, 2.45) is 5.73 Å². The Morgan fingerprint density at radius 1 is 1.31 bits per heavy atom. The van der Waals surface area contributed by atoms with Gasteiger partial charge in [-0.3, -0.25) is 4.98 Å². The highest BCUT2D eigenvalue weighted by atomic mass is 15.4. The van der Waals surface area contributed by atoms with Gasteiger partial charge < -0.3 is 5.73 Å². The van der Waals surface area contributed by atoms with E-state index in [-0.39, 0.29) is 6.04 Å². The summed E-state index contributed by atoms with van der Waals surface area (Å²) in [6.07, 6.45) is 5.41. The fourth-order valence-electron chi connectivity index (χ4n) is 1.96. The molecule has 0 aromatic carbocycles. The summed E-state index contributed by atoms with van der Waals surface area (Å²) in [6, 6.07) is 4.04. The molecule has 2 N–H and O–H groups in total. The van der Waals surface area contributed by atoms with E-state index >= 15 is 0 Å². The minimum Gasteiger partial charge on any atom is -0.326 e. The fourth-order valence-corrected chi connectivity index (χ4v) is 1.96. The van der Waals surface area contributed by atoms with Gasteiger partial charge in [-0.05, 0) is 18.6 Å². The summed E-state index contributed by atoms with van der Waals surface area (Å²) >= 11 is 0. The topological polar surface area (TPSA) is 69.6 Å². The van der Waals surface area contributed by atoms with Crippen molar-refractivity contribution in [3.63, 3.8) is 0 Å². The van der Waals surface area contributed by atoms with E-state index in [1.54, 1.807) is 12.4 Å². The van der Waals surface area contributed by atoms with Gasteiger partial charge in [0.2, 0.25) is 0 Å². The molecule has 16 heavy (non-hydrogen) atoms. The van der Waals surface area contributed by atoms with Gasteiger partial charge in [-0.2, -0.15) is 5.10 Å². The summed E-state index contributed by atoms with van der Waals surface area (Å²) in [7, 11) is 0. The van der Waals surface area contributed by atoms with Crippen LogP contribution in [0.15, 0.2) is 24.5 Å². The van der Waals surface area contributed by atoms with E-state index in [1.165, 1.54) is 0 Å².